The number of aryl methyl sites for hydroxylation is 1. The van der Waals surface area contributed by atoms with Crippen molar-refractivity contribution in [3.63, 3.8) is 0 Å². The van der Waals surface area contributed by atoms with E-state index >= 15 is 0 Å². The van der Waals surface area contributed by atoms with E-state index in [-0.39, 0.29) is 40.1 Å². The number of aromatic hydroxyl groups is 1. The Bertz CT molecular complexity index is 1080. The monoisotopic (exact) mass is 463 g/mol. The van der Waals surface area contributed by atoms with E-state index in [9.17, 15) is 19.5 Å². The van der Waals surface area contributed by atoms with Crippen molar-refractivity contribution >= 4 is 22.8 Å². The minimum absolute atomic E-state index is 0.0941. The van der Waals surface area contributed by atoms with Gasteiger partial charge in [-0.3, -0.25) is 9.59 Å². The minimum Gasteiger partial charge on any atom is -0.507 e. The van der Waals surface area contributed by atoms with E-state index in [0.29, 0.717) is 23.5 Å². The Morgan fingerprint density at radius 1 is 1.22 bits per heavy atom. The summed E-state index contributed by atoms with van der Waals surface area (Å²) in [6, 6.07) is 3.98. The number of benzene rings is 1. The zero-order valence-electron chi connectivity index (χ0n) is 18.2. The quantitative estimate of drug-likeness (QED) is 0.607. The van der Waals surface area contributed by atoms with Gasteiger partial charge in [0.2, 0.25) is 16.8 Å². The molecule has 0 aliphatic carbocycles. The second kappa shape index (κ2) is 9.99. The average molecular weight is 464 g/mol. The number of amides is 1. The van der Waals surface area contributed by atoms with Gasteiger partial charge in [-0.05, 0) is 19.4 Å². The highest BCUT2D eigenvalue weighted by atomic mass is 32.2. The van der Waals surface area contributed by atoms with E-state index < -0.39 is 23.5 Å². The van der Waals surface area contributed by atoms with Gasteiger partial charge in [0.25, 0.3) is 0 Å². The van der Waals surface area contributed by atoms with Crippen LogP contribution < -0.4 is 25.2 Å². The molecule has 1 fully saturated rings. The molecule has 1 aliphatic rings. The predicted molar refractivity (Wildman–Crippen MR) is 118 cm³/mol. The topological polar surface area (TPSA) is 124 Å². The lowest BCUT2D eigenvalue weighted by Crippen LogP contribution is -2.38. The van der Waals surface area contributed by atoms with Crippen LogP contribution in [0.25, 0.3) is 0 Å². The fourth-order valence-corrected chi connectivity index (χ4v) is 4.69. The molecule has 3 rings (SSSR count). The zero-order valence-corrected chi connectivity index (χ0v) is 19.0. The molecule has 0 saturated carbocycles. The molecule has 1 amide bonds. The van der Waals surface area contributed by atoms with Crippen LogP contribution in [0.5, 0.6) is 23.0 Å². The first-order valence-electron chi connectivity index (χ1n) is 9.89. The molecular formula is C22H25NO8S. The third kappa shape index (κ3) is 4.69. The van der Waals surface area contributed by atoms with Gasteiger partial charge in [-0.15, -0.1) is 0 Å². The van der Waals surface area contributed by atoms with Crippen LogP contribution in [0.3, 0.4) is 0 Å². The first kappa shape index (κ1) is 23.5. The maximum Gasteiger partial charge on any atom is 0.343 e. The van der Waals surface area contributed by atoms with Crippen LogP contribution in [-0.2, 0) is 9.59 Å². The molecule has 2 heterocycles. The first-order chi connectivity index (χ1) is 15.3. The molecule has 2 atom stereocenters. The highest BCUT2D eigenvalue weighted by Gasteiger charge is 2.33. The third-order valence-electron chi connectivity index (χ3n) is 5.21. The molecule has 10 heteroatoms. The number of carbonyl (C=O) groups excluding carboxylic acids is 2. The van der Waals surface area contributed by atoms with Crippen LogP contribution in [0, 0.1) is 6.92 Å². The van der Waals surface area contributed by atoms with Gasteiger partial charge in [-0.25, -0.2) is 4.79 Å². The van der Waals surface area contributed by atoms with Gasteiger partial charge >= 0.3 is 5.63 Å². The lowest BCUT2D eigenvalue weighted by molar-refractivity contribution is -0.124. The summed E-state index contributed by atoms with van der Waals surface area (Å²) in [4.78, 5) is 37.5. The summed E-state index contributed by atoms with van der Waals surface area (Å²) < 4.78 is 21.5. The van der Waals surface area contributed by atoms with Gasteiger partial charge < -0.3 is 29.1 Å². The number of hydrogen-bond donors (Lipinski definition) is 2. The smallest absolute Gasteiger partial charge is 0.343 e. The Morgan fingerprint density at radius 3 is 2.50 bits per heavy atom. The maximum atomic E-state index is 12.9. The van der Waals surface area contributed by atoms with Crippen molar-refractivity contribution in [1.82, 2.24) is 5.32 Å². The number of carbonyl (C=O) groups is 2. The third-order valence-corrected chi connectivity index (χ3v) is 6.22. The SMILES string of the molecule is COc1ccc([C@@H](CC(=O)N[C@H]2CCSC2=O)c2c(O)cc(C)oc2=O)c(OC)c1OC. The largest absolute Gasteiger partial charge is 0.507 e. The van der Waals surface area contributed by atoms with Crippen LogP contribution in [-0.4, -0.2) is 49.3 Å². The van der Waals surface area contributed by atoms with E-state index in [4.69, 9.17) is 18.6 Å². The lowest BCUT2D eigenvalue weighted by atomic mass is 9.87. The zero-order chi connectivity index (χ0) is 23.4. The van der Waals surface area contributed by atoms with Crippen molar-refractivity contribution in [3.05, 3.63) is 45.5 Å². The van der Waals surface area contributed by atoms with Crippen molar-refractivity contribution < 1.29 is 33.3 Å². The van der Waals surface area contributed by atoms with Gasteiger partial charge in [0.1, 0.15) is 11.5 Å². The fourth-order valence-electron chi connectivity index (χ4n) is 3.76. The summed E-state index contributed by atoms with van der Waals surface area (Å²) in [5, 5.41) is 13.2. The van der Waals surface area contributed by atoms with Crippen LogP contribution in [0.4, 0.5) is 0 Å². The van der Waals surface area contributed by atoms with Gasteiger partial charge in [-0.1, -0.05) is 17.8 Å². The summed E-state index contributed by atoms with van der Waals surface area (Å²) in [5.41, 5.74) is -0.452. The number of rotatable bonds is 8. The van der Waals surface area contributed by atoms with Crippen molar-refractivity contribution in [1.29, 1.82) is 0 Å². The Hall–Kier alpha value is -3.14. The van der Waals surface area contributed by atoms with Gasteiger partial charge in [-0.2, -0.15) is 0 Å². The number of thioether (sulfide) groups is 1. The number of nitrogens with one attached hydrogen (secondary N) is 1. The Labute approximate surface area is 189 Å². The highest BCUT2D eigenvalue weighted by molar-refractivity contribution is 8.14. The summed E-state index contributed by atoms with van der Waals surface area (Å²) in [6.07, 6.45) is 0.305. The molecule has 1 aliphatic heterocycles. The van der Waals surface area contributed by atoms with E-state index in [2.05, 4.69) is 5.32 Å². The van der Waals surface area contributed by atoms with Gasteiger partial charge in [0.05, 0.1) is 32.9 Å². The molecule has 1 aromatic carbocycles. The van der Waals surface area contributed by atoms with Gasteiger partial charge in [0.15, 0.2) is 11.5 Å². The summed E-state index contributed by atoms with van der Waals surface area (Å²) in [6.45, 7) is 1.53. The predicted octanol–water partition coefficient (Wildman–Crippen LogP) is 2.35. The number of hydrogen-bond acceptors (Lipinski definition) is 9. The molecule has 0 spiro atoms. The van der Waals surface area contributed by atoms with Crippen molar-refractivity contribution in [2.75, 3.05) is 27.1 Å². The summed E-state index contributed by atoms with van der Waals surface area (Å²) >= 11 is 1.17. The Balaban J connectivity index is 2.11. The van der Waals surface area contributed by atoms with E-state index in [1.165, 1.54) is 46.1 Å². The van der Waals surface area contributed by atoms with Crippen LogP contribution >= 0.6 is 11.8 Å². The van der Waals surface area contributed by atoms with Crippen LogP contribution in [0.1, 0.15) is 35.6 Å². The molecule has 2 aromatic rings. The Morgan fingerprint density at radius 2 is 1.94 bits per heavy atom. The average Bonchev–Trinajstić information content (AvgIpc) is 3.15. The molecule has 1 saturated heterocycles. The molecule has 172 valence electrons. The maximum absolute atomic E-state index is 12.9. The van der Waals surface area contributed by atoms with Crippen molar-refractivity contribution in [2.24, 2.45) is 0 Å². The standard InChI is InChI=1S/C22H25NO8S/c1-11-9-15(24)18(21(26)31-11)13(10-17(25)23-14-7-8-32-22(14)27)12-5-6-16(28-2)20(30-4)19(12)29-3/h5-6,9,13-14,24H,7-8,10H2,1-4H3,(H,23,25)/t13-,14+/m1/s1. The molecule has 0 bridgehead atoms. The van der Waals surface area contributed by atoms with Crippen molar-refractivity contribution in [2.45, 2.75) is 31.7 Å². The molecular weight excluding hydrogens is 438 g/mol. The molecule has 2 N–H and O–H groups in total. The fraction of sp³-hybridized carbons (Fsp3) is 0.409. The second-order valence-electron chi connectivity index (χ2n) is 7.20. The molecule has 1 aromatic heterocycles. The lowest BCUT2D eigenvalue weighted by Gasteiger charge is -2.23. The molecule has 0 unspecified atom stereocenters. The Kier molecular flexibility index (Phi) is 7.34. The van der Waals surface area contributed by atoms with E-state index in [1.807, 2.05) is 0 Å². The summed E-state index contributed by atoms with van der Waals surface area (Å²) in [5.74, 6) is 0.0860. The normalized spacial score (nSPS) is 16.5. The summed E-state index contributed by atoms with van der Waals surface area (Å²) in [7, 11) is 4.33. The molecule has 9 nitrogen and oxygen atoms in total. The highest BCUT2D eigenvalue weighted by Crippen LogP contribution is 2.45. The van der Waals surface area contributed by atoms with Crippen LogP contribution in [0.2, 0.25) is 0 Å². The van der Waals surface area contributed by atoms with E-state index in [0.717, 1.165) is 0 Å². The second-order valence-corrected chi connectivity index (χ2v) is 8.30. The number of methoxy groups -OCH3 is 3. The molecule has 32 heavy (non-hydrogen) atoms. The van der Waals surface area contributed by atoms with E-state index in [1.54, 1.807) is 12.1 Å². The number of ether oxygens (including phenoxy) is 3. The van der Waals surface area contributed by atoms with Crippen LogP contribution in [0.15, 0.2) is 27.4 Å². The molecule has 0 radical (unpaired) electrons. The van der Waals surface area contributed by atoms with Crippen molar-refractivity contribution in [3.8, 4) is 23.0 Å². The minimum atomic E-state index is -0.939. The first-order valence-corrected chi connectivity index (χ1v) is 10.9. The van der Waals surface area contributed by atoms with Gasteiger partial charge in [0, 0.05) is 29.7 Å².